The number of nitrogens with two attached hydrogens (primary N) is 1. The molecule has 0 saturated carbocycles. The summed E-state index contributed by atoms with van der Waals surface area (Å²) < 4.78 is 1.64. The third kappa shape index (κ3) is 1.45. The van der Waals surface area contributed by atoms with Gasteiger partial charge in [0.05, 0.1) is 5.52 Å². The zero-order valence-corrected chi connectivity index (χ0v) is 8.82. The number of aryl methyl sites for hydroxylation is 1. The van der Waals surface area contributed by atoms with E-state index in [-0.39, 0.29) is 11.0 Å². The lowest BCUT2D eigenvalue weighted by molar-refractivity contribution is 0.112. The van der Waals surface area contributed by atoms with Crippen molar-refractivity contribution in [2.45, 2.75) is 13.5 Å². The molecule has 0 unspecified atom stereocenters. The fraction of sp³-hybridized carbons (Fsp3) is 0.222. The number of hydrogen-bond acceptors (Lipinski definition) is 4. The average molecular weight is 225 g/mol. The maximum absolute atomic E-state index is 10.9. The normalized spacial score (nSPS) is 10.8. The van der Waals surface area contributed by atoms with Crippen LogP contribution in [0.15, 0.2) is 6.07 Å². The van der Waals surface area contributed by atoms with Crippen molar-refractivity contribution in [1.29, 1.82) is 0 Å². The van der Waals surface area contributed by atoms with Gasteiger partial charge >= 0.3 is 0 Å². The number of anilines is 1. The number of halogens is 1. The largest absolute Gasteiger partial charge is 0.380 e. The molecule has 2 heterocycles. The summed E-state index contributed by atoms with van der Waals surface area (Å²) in [4.78, 5) is 14.9. The van der Waals surface area contributed by atoms with Crippen LogP contribution in [0.1, 0.15) is 17.3 Å². The van der Waals surface area contributed by atoms with Gasteiger partial charge in [0.25, 0.3) is 0 Å². The van der Waals surface area contributed by atoms with Gasteiger partial charge in [-0.1, -0.05) is 11.6 Å². The number of rotatable bonds is 2. The van der Waals surface area contributed by atoms with Crippen LogP contribution in [0.3, 0.4) is 0 Å². The Morgan fingerprint density at radius 3 is 3.00 bits per heavy atom. The zero-order valence-electron chi connectivity index (χ0n) is 8.07. The summed E-state index contributed by atoms with van der Waals surface area (Å²) in [6, 6.07) is 1.50. The molecule has 0 fully saturated rings. The molecule has 0 saturated heterocycles. The molecule has 2 aromatic rings. The van der Waals surface area contributed by atoms with Gasteiger partial charge in [-0.25, -0.2) is 4.98 Å². The molecule has 0 radical (unpaired) electrons. The molecule has 15 heavy (non-hydrogen) atoms. The van der Waals surface area contributed by atoms with Crippen molar-refractivity contribution in [1.82, 2.24) is 14.8 Å². The number of carbonyl (C=O) groups is 1. The van der Waals surface area contributed by atoms with Gasteiger partial charge < -0.3 is 5.73 Å². The van der Waals surface area contributed by atoms with E-state index in [2.05, 4.69) is 10.1 Å². The molecule has 0 aliphatic rings. The van der Waals surface area contributed by atoms with Crippen molar-refractivity contribution in [3.8, 4) is 0 Å². The summed E-state index contributed by atoms with van der Waals surface area (Å²) >= 11 is 5.76. The number of pyridine rings is 1. The smallest absolute Gasteiger partial charge is 0.172 e. The van der Waals surface area contributed by atoms with Crippen molar-refractivity contribution in [3.05, 3.63) is 16.8 Å². The van der Waals surface area contributed by atoms with Crippen molar-refractivity contribution >= 4 is 34.7 Å². The molecule has 78 valence electrons. The number of aromatic nitrogens is 3. The Hall–Kier alpha value is -1.62. The molecule has 0 aromatic carbocycles. The molecule has 0 amide bonds. The lowest BCUT2D eigenvalue weighted by atomic mass is 10.2. The number of nitrogens with zero attached hydrogens (tertiary/aromatic N) is 3. The lowest BCUT2D eigenvalue weighted by Crippen LogP contribution is -1.99. The standard InChI is InChI=1S/C9H9ClN4O/c1-2-14-8-5(4-15)3-6(10)12-7(8)9(11)13-14/h3-4H,2H2,1H3,(H2,11,13). The lowest BCUT2D eigenvalue weighted by Gasteiger charge is -2.00. The Labute approximate surface area is 90.8 Å². The molecule has 5 nitrogen and oxygen atoms in total. The van der Waals surface area contributed by atoms with Gasteiger partial charge in [-0.05, 0) is 13.0 Å². The van der Waals surface area contributed by atoms with E-state index in [4.69, 9.17) is 17.3 Å². The molecular weight excluding hydrogens is 216 g/mol. The maximum Gasteiger partial charge on any atom is 0.172 e. The first-order valence-corrected chi connectivity index (χ1v) is 4.83. The fourth-order valence-electron chi connectivity index (χ4n) is 1.52. The van der Waals surface area contributed by atoms with Crippen LogP contribution in [0, 0.1) is 0 Å². The Morgan fingerprint density at radius 2 is 2.40 bits per heavy atom. The number of carbonyl (C=O) groups excluding carboxylic acids is 1. The number of nitrogen functional groups attached to an aromatic ring is 1. The second-order valence-corrected chi connectivity index (χ2v) is 3.44. The average Bonchev–Trinajstić information content (AvgIpc) is 2.55. The van der Waals surface area contributed by atoms with E-state index in [1.807, 2.05) is 6.92 Å². The molecule has 6 heteroatoms. The Kier molecular flexibility index (Phi) is 2.32. The van der Waals surface area contributed by atoms with Gasteiger partial charge in [0.1, 0.15) is 10.7 Å². The predicted molar refractivity (Wildman–Crippen MR) is 58.0 cm³/mol. The van der Waals surface area contributed by atoms with Crippen LogP contribution in [-0.2, 0) is 6.54 Å². The van der Waals surface area contributed by atoms with Crippen LogP contribution >= 0.6 is 11.6 Å². The highest BCUT2D eigenvalue weighted by molar-refractivity contribution is 6.30. The van der Waals surface area contributed by atoms with E-state index in [1.54, 1.807) is 4.68 Å². The predicted octanol–water partition coefficient (Wildman–Crippen LogP) is 1.50. The van der Waals surface area contributed by atoms with Crippen LogP contribution < -0.4 is 5.73 Å². The van der Waals surface area contributed by atoms with E-state index < -0.39 is 0 Å². The highest BCUT2D eigenvalue weighted by Gasteiger charge is 2.13. The topological polar surface area (TPSA) is 73.8 Å². The van der Waals surface area contributed by atoms with Crippen LogP contribution in [0.4, 0.5) is 5.82 Å². The van der Waals surface area contributed by atoms with Gasteiger partial charge in [-0.15, -0.1) is 0 Å². The van der Waals surface area contributed by atoms with E-state index in [1.165, 1.54) is 6.07 Å². The quantitative estimate of drug-likeness (QED) is 0.620. The molecule has 0 aliphatic carbocycles. The van der Waals surface area contributed by atoms with Gasteiger partial charge in [0.2, 0.25) is 0 Å². The number of aldehydes is 1. The Balaban J connectivity index is 2.92. The molecule has 0 atom stereocenters. The molecule has 2 aromatic heterocycles. The Bertz CT molecular complexity index is 534. The first kappa shape index (κ1) is 9.92. The fourth-order valence-corrected chi connectivity index (χ4v) is 1.72. The van der Waals surface area contributed by atoms with E-state index in [0.717, 1.165) is 6.29 Å². The monoisotopic (exact) mass is 224 g/mol. The zero-order chi connectivity index (χ0) is 11.0. The highest BCUT2D eigenvalue weighted by atomic mass is 35.5. The first-order valence-electron chi connectivity index (χ1n) is 4.45. The summed E-state index contributed by atoms with van der Waals surface area (Å²) in [5, 5.41) is 4.31. The van der Waals surface area contributed by atoms with Gasteiger partial charge in [0, 0.05) is 12.1 Å². The summed E-state index contributed by atoms with van der Waals surface area (Å²) in [7, 11) is 0. The second-order valence-electron chi connectivity index (χ2n) is 3.05. The molecule has 2 rings (SSSR count). The summed E-state index contributed by atoms with van der Waals surface area (Å²) in [6.07, 6.45) is 0.725. The van der Waals surface area contributed by atoms with Gasteiger partial charge in [-0.2, -0.15) is 5.10 Å². The summed E-state index contributed by atoms with van der Waals surface area (Å²) in [6.45, 7) is 2.53. The van der Waals surface area contributed by atoms with Crippen LogP contribution in [0.25, 0.3) is 11.0 Å². The summed E-state index contributed by atoms with van der Waals surface area (Å²) in [5.74, 6) is 0.289. The minimum absolute atomic E-state index is 0.243. The van der Waals surface area contributed by atoms with Crippen molar-refractivity contribution in [2.75, 3.05) is 5.73 Å². The van der Waals surface area contributed by atoms with Crippen molar-refractivity contribution in [3.63, 3.8) is 0 Å². The Morgan fingerprint density at radius 1 is 1.67 bits per heavy atom. The van der Waals surface area contributed by atoms with Crippen molar-refractivity contribution < 1.29 is 4.79 Å². The van der Waals surface area contributed by atoms with Crippen LogP contribution in [0.5, 0.6) is 0 Å². The highest BCUT2D eigenvalue weighted by Crippen LogP contribution is 2.23. The van der Waals surface area contributed by atoms with Crippen molar-refractivity contribution in [2.24, 2.45) is 0 Å². The SMILES string of the molecule is CCn1nc(N)c2nc(Cl)cc(C=O)c21. The van der Waals surface area contributed by atoms with E-state index in [0.29, 0.717) is 23.1 Å². The number of hydrogen-bond donors (Lipinski definition) is 1. The van der Waals surface area contributed by atoms with Crippen LogP contribution in [0.2, 0.25) is 5.15 Å². The number of fused-ring (bicyclic) bond motifs is 1. The first-order chi connectivity index (χ1) is 7.17. The molecule has 0 aliphatic heterocycles. The van der Waals surface area contributed by atoms with E-state index >= 15 is 0 Å². The van der Waals surface area contributed by atoms with Crippen LogP contribution in [-0.4, -0.2) is 21.1 Å². The molecule has 2 N–H and O–H groups in total. The van der Waals surface area contributed by atoms with Gasteiger partial charge in [-0.3, -0.25) is 9.48 Å². The van der Waals surface area contributed by atoms with Gasteiger partial charge in [0.15, 0.2) is 12.1 Å². The van der Waals surface area contributed by atoms with E-state index in [9.17, 15) is 4.79 Å². The second kappa shape index (κ2) is 3.51. The minimum atomic E-state index is 0.243. The third-order valence-corrected chi connectivity index (χ3v) is 2.34. The minimum Gasteiger partial charge on any atom is -0.380 e. The molecule has 0 bridgehead atoms. The maximum atomic E-state index is 10.9. The summed E-state index contributed by atoms with van der Waals surface area (Å²) in [5.41, 5.74) is 7.24. The third-order valence-electron chi connectivity index (χ3n) is 2.15. The molecule has 0 spiro atoms. The molecular formula is C9H9ClN4O.